The van der Waals surface area contributed by atoms with E-state index in [1.807, 2.05) is 0 Å². The lowest BCUT2D eigenvalue weighted by Gasteiger charge is -2.23. The Morgan fingerprint density at radius 3 is 2.22 bits per heavy atom. The van der Waals surface area contributed by atoms with Gasteiger partial charge < -0.3 is 5.11 Å². The molecule has 0 bridgehead atoms. The Bertz CT molecular complexity index is 72.6. The third-order valence-corrected chi connectivity index (χ3v) is 2.39. The van der Waals surface area contributed by atoms with Crippen LogP contribution in [0, 0.1) is 11.8 Å². The van der Waals surface area contributed by atoms with Crippen LogP contribution in [0.2, 0.25) is 0 Å². The Balaban J connectivity index is 2.18. The predicted molar refractivity (Wildman–Crippen MR) is 38.2 cm³/mol. The van der Waals surface area contributed by atoms with Crippen molar-refractivity contribution >= 4 is 0 Å². The van der Waals surface area contributed by atoms with E-state index in [0.717, 1.165) is 5.92 Å². The molecule has 0 aromatic heterocycles. The third kappa shape index (κ3) is 1.98. The molecule has 0 aliphatic heterocycles. The molecular weight excluding hydrogens is 112 g/mol. The van der Waals surface area contributed by atoms with Gasteiger partial charge in [-0.15, -0.1) is 0 Å². The molecule has 54 valence electrons. The summed E-state index contributed by atoms with van der Waals surface area (Å²) in [6.07, 6.45) is 5.14. The van der Waals surface area contributed by atoms with Crippen LogP contribution >= 0.6 is 0 Å². The highest BCUT2D eigenvalue weighted by atomic mass is 16.3. The average molecular weight is 128 g/mol. The molecule has 1 aliphatic rings. The van der Waals surface area contributed by atoms with Crippen molar-refractivity contribution in [3.05, 3.63) is 0 Å². The number of rotatable bonds is 1. The van der Waals surface area contributed by atoms with Crippen LogP contribution in [0.25, 0.3) is 0 Å². The van der Waals surface area contributed by atoms with Crippen LogP contribution in [0.5, 0.6) is 0 Å². The van der Waals surface area contributed by atoms with Crippen molar-refractivity contribution in [2.45, 2.75) is 32.6 Å². The van der Waals surface area contributed by atoms with E-state index in [0.29, 0.717) is 12.5 Å². The summed E-state index contributed by atoms with van der Waals surface area (Å²) in [6, 6.07) is 0. The Morgan fingerprint density at radius 2 is 1.78 bits per heavy atom. The molecule has 1 fully saturated rings. The minimum atomic E-state index is 0.409. The van der Waals surface area contributed by atoms with Crippen LogP contribution in [-0.2, 0) is 0 Å². The molecule has 0 heterocycles. The quantitative estimate of drug-likeness (QED) is 0.571. The summed E-state index contributed by atoms with van der Waals surface area (Å²) >= 11 is 0. The molecule has 9 heavy (non-hydrogen) atoms. The number of aliphatic hydroxyl groups excluding tert-OH is 1. The smallest absolute Gasteiger partial charge is 0.0459 e. The molecule has 1 heteroatoms. The highest BCUT2D eigenvalue weighted by molar-refractivity contribution is 4.68. The molecule has 0 aromatic rings. The molecule has 0 amide bonds. The number of hydrogen-bond donors (Lipinski definition) is 1. The number of aliphatic hydroxyl groups is 1. The van der Waals surface area contributed by atoms with Crippen molar-refractivity contribution in [3.63, 3.8) is 0 Å². The van der Waals surface area contributed by atoms with Gasteiger partial charge in [0, 0.05) is 6.61 Å². The van der Waals surface area contributed by atoms with E-state index in [2.05, 4.69) is 6.92 Å². The van der Waals surface area contributed by atoms with E-state index in [9.17, 15) is 0 Å². The first kappa shape index (κ1) is 7.07. The predicted octanol–water partition coefficient (Wildman–Crippen LogP) is 1.80. The van der Waals surface area contributed by atoms with Gasteiger partial charge in [0.25, 0.3) is 0 Å². The second-order valence-corrected chi connectivity index (χ2v) is 3.31. The van der Waals surface area contributed by atoms with Gasteiger partial charge in [-0.25, -0.2) is 0 Å². The first-order chi connectivity index (χ1) is 4.33. The number of hydrogen-bond acceptors (Lipinski definition) is 1. The lowest BCUT2D eigenvalue weighted by molar-refractivity contribution is 0.172. The summed E-state index contributed by atoms with van der Waals surface area (Å²) in [7, 11) is 0. The van der Waals surface area contributed by atoms with E-state index in [1.165, 1.54) is 25.7 Å². The van der Waals surface area contributed by atoms with Crippen LogP contribution < -0.4 is 0 Å². The molecule has 1 N–H and O–H groups in total. The molecule has 0 atom stereocenters. The van der Waals surface area contributed by atoms with Gasteiger partial charge in [0.15, 0.2) is 0 Å². The minimum Gasteiger partial charge on any atom is -0.396 e. The molecule has 1 aliphatic carbocycles. The van der Waals surface area contributed by atoms with Gasteiger partial charge in [-0.2, -0.15) is 0 Å². The highest BCUT2D eigenvalue weighted by Crippen LogP contribution is 2.27. The molecule has 0 radical (unpaired) electrons. The van der Waals surface area contributed by atoms with E-state index in [1.54, 1.807) is 0 Å². The SMILES string of the molecule is C[C@H]1CC[C@@H](CO)CC1. The van der Waals surface area contributed by atoms with Crippen LogP contribution in [0.15, 0.2) is 0 Å². The maximum absolute atomic E-state index is 8.78. The van der Waals surface area contributed by atoms with Gasteiger partial charge >= 0.3 is 0 Å². The lowest BCUT2D eigenvalue weighted by atomic mass is 9.84. The van der Waals surface area contributed by atoms with E-state index < -0.39 is 0 Å². The fourth-order valence-corrected chi connectivity index (χ4v) is 1.51. The molecule has 0 unspecified atom stereocenters. The fraction of sp³-hybridized carbons (Fsp3) is 1.00. The Morgan fingerprint density at radius 1 is 1.22 bits per heavy atom. The van der Waals surface area contributed by atoms with Crippen molar-refractivity contribution in [2.75, 3.05) is 6.61 Å². The zero-order valence-electron chi connectivity index (χ0n) is 6.14. The standard InChI is InChI=1S/C8H16O/c1-7-2-4-8(6-9)5-3-7/h7-9H,2-6H2,1H3/t7-,8+. The summed E-state index contributed by atoms with van der Waals surface area (Å²) < 4.78 is 0. The summed E-state index contributed by atoms with van der Waals surface area (Å²) in [5.41, 5.74) is 0. The third-order valence-electron chi connectivity index (χ3n) is 2.39. The molecule has 1 saturated carbocycles. The second-order valence-electron chi connectivity index (χ2n) is 3.31. The normalized spacial score (nSPS) is 36.7. The van der Waals surface area contributed by atoms with Gasteiger partial charge in [-0.3, -0.25) is 0 Å². The molecule has 0 aromatic carbocycles. The maximum atomic E-state index is 8.78. The zero-order chi connectivity index (χ0) is 6.69. The molecule has 0 spiro atoms. The largest absolute Gasteiger partial charge is 0.396 e. The zero-order valence-corrected chi connectivity index (χ0v) is 6.14. The maximum Gasteiger partial charge on any atom is 0.0459 e. The molecule has 1 nitrogen and oxygen atoms in total. The monoisotopic (exact) mass is 128 g/mol. The Hall–Kier alpha value is -0.0400. The fourth-order valence-electron chi connectivity index (χ4n) is 1.51. The topological polar surface area (TPSA) is 20.2 Å². The van der Waals surface area contributed by atoms with Crippen LogP contribution in [0.4, 0.5) is 0 Å². The van der Waals surface area contributed by atoms with Gasteiger partial charge in [0.1, 0.15) is 0 Å². The summed E-state index contributed by atoms with van der Waals surface area (Å²) in [5.74, 6) is 1.54. The first-order valence-corrected chi connectivity index (χ1v) is 3.93. The van der Waals surface area contributed by atoms with Crippen molar-refractivity contribution in [3.8, 4) is 0 Å². The molecule has 0 saturated heterocycles. The van der Waals surface area contributed by atoms with Gasteiger partial charge in [-0.1, -0.05) is 19.8 Å². The Kier molecular flexibility index (Phi) is 2.52. The highest BCUT2D eigenvalue weighted by Gasteiger charge is 2.16. The van der Waals surface area contributed by atoms with E-state index in [4.69, 9.17) is 5.11 Å². The summed E-state index contributed by atoms with van der Waals surface area (Å²) in [4.78, 5) is 0. The first-order valence-electron chi connectivity index (χ1n) is 3.93. The van der Waals surface area contributed by atoms with Crippen LogP contribution in [0.1, 0.15) is 32.6 Å². The molecule has 1 rings (SSSR count). The Labute approximate surface area is 57.1 Å². The van der Waals surface area contributed by atoms with Gasteiger partial charge in [-0.05, 0) is 24.7 Å². The van der Waals surface area contributed by atoms with Crippen LogP contribution in [-0.4, -0.2) is 11.7 Å². The lowest BCUT2D eigenvalue weighted by Crippen LogP contribution is -2.14. The van der Waals surface area contributed by atoms with Crippen LogP contribution in [0.3, 0.4) is 0 Å². The minimum absolute atomic E-state index is 0.409. The van der Waals surface area contributed by atoms with Gasteiger partial charge in [0.2, 0.25) is 0 Å². The van der Waals surface area contributed by atoms with Crippen molar-refractivity contribution in [1.29, 1.82) is 0 Å². The summed E-state index contributed by atoms with van der Waals surface area (Å²) in [5, 5.41) is 8.78. The average Bonchev–Trinajstić information content (AvgIpc) is 1.90. The van der Waals surface area contributed by atoms with Gasteiger partial charge in [0.05, 0.1) is 0 Å². The van der Waals surface area contributed by atoms with Crippen molar-refractivity contribution < 1.29 is 5.11 Å². The second kappa shape index (κ2) is 3.21. The van der Waals surface area contributed by atoms with E-state index >= 15 is 0 Å². The van der Waals surface area contributed by atoms with Crippen molar-refractivity contribution in [1.82, 2.24) is 0 Å². The van der Waals surface area contributed by atoms with Crippen molar-refractivity contribution in [2.24, 2.45) is 11.8 Å². The summed E-state index contributed by atoms with van der Waals surface area (Å²) in [6.45, 7) is 2.71. The molecular formula is C8H16O. The van der Waals surface area contributed by atoms with E-state index in [-0.39, 0.29) is 0 Å².